The van der Waals surface area contributed by atoms with Crippen LogP contribution in [0.2, 0.25) is 0 Å². The van der Waals surface area contributed by atoms with Gasteiger partial charge in [-0.05, 0) is 36.3 Å². The van der Waals surface area contributed by atoms with E-state index < -0.39 is 5.97 Å². The van der Waals surface area contributed by atoms with E-state index in [4.69, 9.17) is 0 Å². The average Bonchev–Trinajstić information content (AvgIpc) is 3.09. The highest BCUT2D eigenvalue weighted by Crippen LogP contribution is 2.26. The van der Waals surface area contributed by atoms with Crippen molar-refractivity contribution in [1.29, 1.82) is 0 Å². The van der Waals surface area contributed by atoms with E-state index in [1.165, 1.54) is 23.6 Å². The molecule has 1 amide bonds. The second-order valence-corrected chi connectivity index (χ2v) is 6.97. The SMILES string of the molecule is CC1CCCN(c2ncc(NC(=O)c3cccs3)cc2C(=O)O)C1. The third-order valence-electron chi connectivity index (χ3n) is 4.06. The number of carbonyl (C=O) groups is 2. The van der Waals surface area contributed by atoms with E-state index in [0.717, 1.165) is 25.9 Å². The van der Waals surface area contributed by atoms with Gasteiger partial charge in [0.25, 0.3) is 5.91 Å². The molecule has 0 spiro atoms. The number of pyridine rings is 1. The number of aromatic carboxylic acids is 1. The van der Waals surface area contributed by atoms with Crippen LogP contribution in [0.5, 0.6) is 0 Å². The monoisotopic (exact) mass is 345 g/mol. The lowest BCUT2D eigenvalue weighted by Gasteiger charge is -2.32. The molecule has 7 heteroatoms. The van der Waals surface area contributed by atoms with Gasteiger partial charge in [0, 0.05) is 13.1 Å². The number of amides is 1. The minimum absolute atomic E-state index is 0.119. The van der Waals surface area contributed by atoms with Gasteiger partial charge in [-0.25, -0.2) is 9.78 Å². The fourth-order valence-corrected chi connectivity index (χ4v) is 3.54. The van der Waals surface area contributed by atoms with E-state index in [2.05, 4.69) is 17.2 Å². The number of hydrogen-bond donors (Lipinski definition) is 2. The summed E-state index contributed by atoms with van der Waals surface area (Å²) >= 11 is 1.33. The highest BCUT2D eigenvalue weighted by molar-refractivity contribution is 7.12. The summed E-state index contributed by atoms with van der Waals surface area (Å²) in [6, 6.07) is 4.99. The predicted octanol–water partition coefficient (Wildman–Crippen LogP) is 3.33. The van der Waals surface area contributed by atoms with Crippen LogP contribution in [-0.4, -0.2) is 35.1 Å². The molecule has 1 aliphatic heterocycles. The Hall–Kier alpha value is -2.41. The molecule has 3 heterocycles. The fraction of sp³-hybridized carbons (Fsp3) is 0.353. The lowest BCUT2D eigenvalue weighted by molar-refractivity contribution is 0.0696. The predicted molar refractivity (Wildman–Crippen MR) is 94.1 cm³/mol. The Labute approximate surface area is 144 Å². The molecule has 1 unspecified atom stereocenters. The maximum absolute atomic E-state index is 12.1. The van der Waals surface area contributed by atoms with Crippen molar-refractivity contribution in [2.24, 2.45) is 5.92 Å². The summed E-state index contributed by atoms with van der Waals surface area (Å²) in [7, 11) is 0. The molecule has 2 aromatic rings. The largest absolute Gasteiger partial charge is 0.478 e. The van der Waals surface area contributed by atoms with Crippen LogP contribution in [0.1, 0.15) is 39.8 Å². The molecule has 1 fully saturated rings. The zero-order valence-corrected chi connectivity index (χ0v) is 14.2. The normalized spacial score (nSPS) is 17.5. The quantitative estimate of drug-likeness (QED) is 0.888. The van der Waals surface area contributed by atoms with Crippen molar-refractivity contribution in [1.82, 2.24) is 4.98 Å². The van der Waals surface area contributed by atoms with E-state index in [1.54, 1.807) is 12.1 Å². The van der Waals surface area contributed by atoms with Gasteiger partial charge in [-0.15, -0.1) is 11.3 Å². The fourth-order valence-electron chi connectivity index (χ4n) is 2.92. The van der Waals surface area contributed by atoms with Crippen LogP contribution in [0.25, 0.3) is 0 Å². The molecule has 24 heavy (non-hydrogen) atoms. The second kappa shape index (κ2) is 7.00. The molecular weight excluding hydrogens is 326 g/mol. The number of nitrogens with zero attached hydrogens (tertiary/aromatic N) is 2. The number of nitrogens with one attached hydrogen (secondary N) is 1. The molecule has 0 radical (unpaired) electrons. The standard InChI is InChI=1S/C17H19N3O3S/c1-11-4-2-6-20(10-11)15-13(17(22)23)8-12(9-18-15)19-16(21)14-5-3-7-24-14/h3,5,7-9,11H,2,4,6,10H2,1H3,(H,19,21)(H,22,23). The highest BCUT2D eigenvalue weighted by Gasteiger charge is 2.23. The van der Waals surface area contributed by atoms with Gasteiger partial charge in [-0.2, -0.15) is 0 Å². The topological polar surface area (TPSA) is 82.5 Å². The van der Waals surface area contributed by atoms with Crippen molar-refractivity contribution in [2.75, 3.05) is 23.3 Å². The Balaban J connectivity index is 1.84. The summed E-state index contributed by atoms with van der Waals surface area (Å²) < 4.78 is 0. The maximum Gasteiger partial charge on any atom is 0.339 e. The summed E-state index contributed by atoms with van der Waals surface area (Å²) in [5, 5.41) is 14.0. The van der Waals surface area contributed by atoms with Crippen LogP contribution in [-0.2, 0) is 0 Å². The molecule has 1 atom stereocenters. The summed E-state index contributed by atoms with van der Waals surface area (Å²) in [4.78, 5) is 30.6. The van der Waals surface area contributed by atoms with Crippen LogP contribution >= 0.6 is 11.3 Å². The Bertz CT molecular complexity index is 746. The molecule has 2 aromatic heterocycles. The van der Waals surface area contributed by atoms with E-state index in [0.29, 0.717) is 22.3 Å². The van der Waals surface area contributed by atoms with Gasteiger partial charge >= 0.3 is 5.97 Å². The number of carboxylic acids is 1. The number of rotatable bonds is 4. The second-order valence-electron chi connectivity index (χ2n) is 6.03. The molecular formula is C17H19N3O3S. The number of thiophene rings is 1. The highest BCUT2D eigenvalue weighted by atomic mass is 32.1. The molecule has 0 bridgehead atoms. The van der Waals surface area contributed by atoms with Gasteiger partial charge in [0.2, 0.25) is 0 Å². The first kappa shape index (κ1) is 16.4. The Morgan fingerprint density at radius 3 is 2.96 bits per heavy atom. The number of carbonyl (C=O) groups excluding carboxylic acids is 1. The van der Waals surface area contributed by atoms with Gasteiger partial charge in [0.05, 0.1) is 16.8 Å². The average molecular weight is 345 g/mol. The van der Waals surface area contributed by atoms with Crippen molar-refractivity contribution in [3.05, 3.63) is 40.2 Å². The first-order chi connectivity index (χ1) is 11.5. The lowest BCUT2D eigenvalue weighted by Crippen LogP contribution is -2.36. The van der Waals surface area contributed by atoms with Crippen molar-refractivity contribution in [3.8, 4) is 0 Å². The van der Waals surface area contributed by atoms with Crippen molar-refractivity contribution in [3.63, 3.8) is 0 Å². The number of hydrogen-bond acceptors (Lipinski definition) is 5. The van der Waals surface area contributed by atoms with Crippen LogP contribution < -0.4 is 10.2 Å². The van der Waals surface area contributed by atoms with Gasteiger partial charge in [0.15, 0.2) is 0 Å². The smallest absolute Gasteiger partial charge is 0.339 e. The van der Waals surface area contributed by atoms with Gasteiger partial charge in [-0.3, -0.25) is 4.79 Å². The molecule has 3 rings (SSSR count). The molecule has 1 aliphatic rings. The summed E-state index contributed by atoms with van der Waals surface area (Å²) in [5.74, 6) is -0.311. The molecule has 0 aliphatic carbocycles. The van der Waals surface area contributed by atoms with E-state index in [-0.39, 0.29) is 11.5 Å². The zero-order chi connectivity index (χ0) is 17.1. The molecule has 0 aromatic carbocycles. The number of piperidine rings is 1. The van der Waals surface area contributed by atoms with E-state index in [9.17, 15) is 14.7 Å². The Morgan fingerprint density at radius 1 is 1.46 bits per heavy atom. The number of anilines is 2. The molecule has 6 nitrogen and oxygen atoms in total. The first-order valence-corrected chi connectivity index (χ1v) is 8.75. The Morgan fingerprint density at radius 2 is 2.29 bits per heavy atom. The van der Waals surface area contributed by atoms with Crippen LogP contribution in [0.3, 0.4) is 0 Å². The molecule has 126 valence electrons. The van der Waals surface area contributed by atoms with Gasteiger partial charge < -0.3 is 15.3 Å². The maximum atomic E-state index is 12.1. The third-order valence-corrected chi connectivity index (χ3v) is 4.93. The third kappa shape index (κ3) is 3.56. The van der Waals surface area contributed by atoms with Crippen LogP contribution in [0.15, 0.2) is 29.8 Å². The number of carboxylic acid groups (broad SMARTS) is 1. The molecule has 2 N–H and O–H groups in total. The number of aromatic nitrogens is 1. The van der Waals surface area contributed by atoms with Gasteiger partial charge in [0.1, 0.15) is 11.4 Å². The summed E-state index contributed by atoms with van der Waals surface area (Å²) in [5.41, 5.74) is 0.507. The summed E-state index contributed by atoms with van der Waals surface area (Å²) in [6.07, 6.45) is 3.69. The molecule has 0 saturated carbocycles. The van der Waals surface area contributed by atoms with Crippen LogP contribution in [0, 0.1) is 5.92 Å². The van der Waals surface area contributed by atoms with E-state index in [1.807, 2.05) is 10.3 Å². The van der Waals surface area contributed by atoms with Crippen molar-refractivity contribution in [2.45, 2.75) is 19.8 Å². The Kier molecular flexibility index (Phi) is 4.80. The van der Waals surface area contributed by atoms with Crippen molar-refractivity contribution < 1.29 is 14.7 Å². The summed E-state index contributed by atoms with van der Waals surface area (Å²) in [6.45, 7) is 3.76. The van der Waals surface area contributed by atoms with Gasteiger partial charge in [-0.1, -0.05) is 13.0 Å². The van der Waals surface area contributed by atoms with E-state index >= 15 is 0 Å². The van der Waals surface area contributed by atoms with Crippen LogP contribution in [0.4, 0.5) is 11.5 Å². The first-order valence-electron chi connectivity index (χ1n) is 7.87. The van der Waals surface area contributed by atoms with Crippen molar-refractivity contribution >= 4 is 34.7 Å². The minimum atomic E-state index is -1.04. The molecule has 1 saturated heterocycles. The lowest BCUT2D eigenvalue weighted by atomic mass is 10.00. The zero-order valence-electron chi connectivity index (χ0n) is 13.4. The minimum Gasteiger partial charge on any atom is -0.478 e.